The Balaban J connectivity index is 1.48. The highest BCUT2D eigenvalue weighted by molar-refractivity contribution is 6.32. The minimum absolute atomic E-state index is 0.142. The van der Waals surface area contributed by atoms with Crippen molar-refractivity contribution >= 4 is 45.8 Å². The highest BCUT2D eigenvalue weighted by atomic mass is 35.5. The number of carbonyl (C=O) groups is 1. The third kappa shape index (κ3) is 4.36. The molecule has 0 aliphatic carbocycles. The maximum absolute atomic E-state index is 12.2. The number of fused-ring (bicyclic) bond motifs is 1. The molecule has 29 heavy (non-hydrogen) atoms. The Hall–Kier alpha value is -3.02. The number of hydrogen-bond acceptors (Lipinski definition) is 3. The molecule has 5 nitrogen and oxygen atoms in total. The van der Waals surface area contributed by atoms with Crippen LogP contribution in [0.4, 0.5) is 5.69 Å². The number of benzene rings is 3. The van der Waals surface area contributed by atoms with Crippen LogP contribution in [0, 0.1) is 6.92 Å². The number of carbonyl (C=O) groups excluding carboxylic acids is 1. The van der Waals surface area contributed by atoms with Crippen molar-refractivity contribution < 1.29 is 9.53 Å². The topological polar surface area (TPSA) is 67.0 Å². The van der Waals surface area contributed by atoms with Crippen molar-refractivity contribution in [1.29, 1.82) is 0 Å². The van der Waals surface area contributed by atoms with Crippen LogP contribution in [-0.2, 0) is 4.79 Å². The smallest absolute Gasteiger partial charge is 0.262 e. The summed E-state index contributed by atoms with van der Waals surface area (Å²) in [5.41, 5.74) is 4.17. The maximum atomic E-state index is 12.2. The Labute approximate surface area is 177 Å². The Morgan fingerprint density at radius 3 is 2.72 bits per heavy atom. The van der Waals surface area contributed by atoms with Gasteiger partial charge in [-0.05, 0) is 48.9 Å². The lowest BCUT2D eigenvalue weighted by molar-refractivity contribution is -0.118. The van der Waals surface area contributed by atoms with Gasteiger partial charge in [0.05, 0.1) is 16.1 Å². The lowest BCUT2D eigenvalue weighted by atomic mass is 10.2. The van der Waals surface area contributed by atoms with Gasteiger partial charge < -0.3 is 15.0 Å². The summed E-state index contributed by atoms with van der Waals surface area (Å²) < 4.78 is 5.47. The molecule has 3 aromatic carbocycles. The van der Waals surface area contributed by atoms with E-state index < -0.39 is 0 Å². The molecule has 146 valence electrons. The number of aromatic nitrogens is 2. The van der Waals surface area contributed by atoms with Crippen LogP contribution in [-0.4, -0.2) is 22.5 Å². The largest absolute Gasteiger partial charge is 0.482 e. The van der Waals surface area contributed by atoms with Gasteiger partial charge in [-0.1, -0.05) is 47.5 Å². The normalized spacial score (nSPS) is 10.9. The van der Waals surface area contributed by atoms with Crippen LogP contribution in [0.15, 0.2) is 60.7 Å². The SMILES string of the molecule is Cc1cc2[nH]c(-c3cccc(NC(=O)COc4ccccc4Cl)c3)nc2cc1Cl. The molecule has 1 aromatic heterocycles. The molecule has 0 radical (unpaired) electrons. The first-order valence-corrected chi connectivity index (χ1v) is 9.69. The number of hydrogen-bond donors (Lipinski definition) is 2. The molecule has 0 aliphatic heterocycles. The Morgan fingerprint density at radius 2 is 1.90 bits per heavy atom. The molecular weight excluding hydrogens is 409 g/mol. The molecule has 7 heteroatoms. The van der Waals surface area contributed by atoms with Gasteiger partial charge in [-0.15, -0.1) is 0 Å². The molecule has 1 heterocycles. The Bertz CT molecular complexity index is 1160. The van der Waals surface area contributed by atoms with Gasteiger partial charge in [0.1, 0.15) is 11.6 Å². The Morgan fingerprint density at radius 1 is 1.07 bits per heavy atom. The van der Waals surface area contributed by atoms with Crippen LogP contribution < -0.4 is 10.1 Å². The summed E-state index contributed by atoms with van der Waals surface area (Å²) in [6.45, 7) is 1.81. The van der Waals surface area contributed by atoms with Gasteiger partial charge in [0.25, 0.3) is 5.91 Å². The van der Waals surface area contributed by atoms with Crippen molar-refractivity contribution in [2.45, 2.75) is 6.92 Å². The molecule has 0 bridgehead atoms. The summed E-state index contributed by atoms with van der Waals surface area (Å²) in [6.07, 6.45) is 0. The summed E-state index contributed by atoms with van der Waals surface area (Å²) in [5, 5.41) is 3.96. The number of H-pyrrole nitrogens is 1. The van der Waals surface area contributed by atoms with Crippen molar-refractivity contribution in [3.05, 3.63) is 76.3 Å². The van der Waals surface area contributed by atoms with E-state index in [1.54, 1.807) is 30.3 Å². The van der Waals surface area contributed by atoms with Crippen molar-refractivity contribution in [3.63, 3.8) is 0 Å². The van der Waals surface area contributed by atoms with Gasteiger partial charge in [0.2, 0.25) is 0 Å². The van der Waals surface area contributed by atoms with Crippen molar-refractivity contribution in [1.82, 2.24) is 9.97 Å². The molecule has 0 unspecified atom stereocenters. The van der Waals surface area contributed by atoms with E-state index in [9.17, 15) is 4.79 Å². The fourth-order valence-electron chi connectivity index (χ4n) is 2.92. The highest BCUT2D eigenvalue weighted by Gasteiger charge is 2.10. The molecule has 0 saturated heterocycles. The standard InChI is InChI=1S/C22H17Cl2N3O2/c1-13-9-18-19(11-17(13)24)27-22(26-18)14-5-4-6-15(10-14)25-21(28)12-29-20-8-3-2-7-16(20)23/h2-11H,12H2,1H3,(H,25,28)(H,26,27). The number of aryl methyl sites for hydroxylation is 1. The molecule has 0 atom stereocenters. The third-order valence-corrected chi connectivity index (χ3v) is 5.10. The minimum atomic E-state index is -0.283. The molecule has 0 fully saturated rings. The van der Waals surface area contributed by atoms with Crippen molar-refractivity contribution in [2.24, 2.45) is 0 Å². The molecule has 0 aliphatic rings. The zero-order valence-electron chi connectivity index (χ0n) is 15.5. The molecule has 2 N–H and O–H groups in total. The molecule has 4 aromatic rings. The second-order valence-electron chi connectivity index (χ2n) is 6.55. The molecular formula is C22H17Cl2N3O2. The fourth-order valence-corrected chi connectivity index (χ4v) is 3.27. The number of para-hydroxylation sites is 1. The minimum Gasteiger partial charge on any atom is -0.482 e. The van der Waals surface area contributed by atoms with Gasteiger partial charge in [0.15, 0.2) is 6.61 Å². The zero-order valence-corrected chi connectivity index (χ0v) is 17.0. The summed E-state index contributed by atoms with van der Waals surface area (Å²) in [6, 6.07) is 18.2. The van der Waals surface area contributed by atoms with Crippen LogP contribution in [0.25, 0.3) is 22.4 Å². The second kappa shape index (κ2) is 8.15. The number of anilines is 1. The van der Waals surface area contributed by atoms with Gasteiger partial charge in [-0.2, -0.15) is 0 Å². The number of rotatable bonds is 5. The van der Waals surface area contributed by atoms with E-state index in [-0.39, 0.29) is 12.5 Å². The second-order valence-corrected chi connectivity index (χ2v) is 7.37. The molecule has 0 spiro atoms. The first-order valence-electron chi connectivity index (χ1n) is 8.93. The number of nitrogens with zero attached hydrogens (tertiary/aromatic N) is 1. The third-order valence-electron chi connectivity index (χ3n) is 4.38. The van der Waals surface area contributed by atoms with Gasteiger partial charge in [0, 0.05) is 16.3 Å². The lowest BCUT2D eigenvalue weighted by Gasteiger charge is -2.09. The van der Waals surface area contributed by atoms with Crippen LogP contribution in [0.5, 0.6) is 5.75 Å². The molecule has 1 amide bonds. The van der Waals surface area contributed by atoms with E-state index >= 15 is 0 Å². The molecule has 4 rings (SSSR count). The van der Waals surface area contributed by atoms with Crippen molar-refractivity contribution in [3.8, 4) is 17.1 Å². The van der Waals surface area contributed by atoms with Crippen LogP contribution in [0.1, 0.15) is 5.56 Å². The van der Waals surface area contributed by atoms with E-state index in [0.29, 0.717) is 27.3 Å². The number of imidazole rings is 1. The Kier molecular flexibility index (Phi) is 5.43. The van der Waals surface area contributed by atoms with E-state index in [0.717, 1.165) is 22.2 Å². The zero-order chi connectivity index (χ0) is 20.4. The van der Waals surface area contributed by atoms with Crippen molar-refractivity contribution in [2.75, 3.05) is 11.9 Å². The predicted molar refractivity (Wildman–Crippen MR) is 117 cm³/mol. The summed E-state index contributed by atoms with van der Waals surface area (Å²) in [5.74, 6) is 0.883. The first kappa shape index (κ1) is 19.3. The summed E-state index contributed by atoms with van der Waals surface area (Å²) >= 11 is 12.2. The molecule has 0 saturated carbocycles. The monoisotopic (exact) mass is 425 g/mol. The number of nitrogens with one attached hydrogen (secondary N) is 2. The number of aromatic amines is 1. The quantitative estimate of drug-likeness (QED) is 0.420. The van der Waals surface area contributed by atoms with Gasteiger partial charge in [-0.25, -0.2) is 4.98 Å². The number of ether oxygens (including phenoxy) is 1. The maximum Gasteiger partial charge on any atom is 0.262 e. The average molecular weight is 426 g/mol. The average Bonchev–Trinajstić information content (AvgIpc) is 3.11. The van der Waals surface area contributed by atoms with E-state index in [4.69, 9.17) is 27.9 Å². The number of amides is 1. The van der Waals surface area contributed by atoms with Crippen LogP contribution in [0.2, 0.25) is 10.0 Å². The lowest BCUT2D eigenvalue weighted by Crippen LogP contribution is -2.20. The van der Waals surface area contributed by atoms with E-state index in [1.807, 2.05) is 37.3 Å². The summed E-state index contributed by atoms with van der Waals surface area (Å²) in [7, 11) is 0. The van der Waals surface area contributed by atoms with E-state index in [1.165, 1.54) is 0 Å². The van der Waals surface area contributed by atoms with Crippen LogP contribution >= 0.6 is 23.2 Å². The van der Waals surface area contributed by atoms with Gasteiger partial charge in [-0.3, -0.25) is 4.79 Å². The predicted octanol–water partition coefficient (Wildman–Crippen LogP) is 5.86. The van der Waals surface area contributed by atoms with Crippen LogP contribution in [0.3, 0.4) is 0 Å². The van der Waals surface area contributed by atoms with E-state index in [2.05, 4.69) is 15.3 Å². The number of halogens is 2. The fraction of sp³-hybridized carbons (Fsp3) is 0.0909. The summed E-state index contributed by atoms with van der Waals surface area (Å²) in [4.78, 5) is 20.1. The first-order chi connectivity index (χ1) is 14.0. The highest BCUT2D eigenvalue weighted by Crippen LogP contribution is 2.27. The van der Waals surface area contributed by atoms with Gasteiger partial charge >= 0.3 is 0 Å².